The molecule has 1 saturated heterocycles. The number of rotatable bonds is 3. The van der Waals surface area contributed by atoms with Gasteiger partial charge in [-0.25, -0.2) is 14.2 Å². The fraction of sp³-hybridized carbons (Fsp3) is 0.217. The third-order valence-electron chi connectivity index (χ3n) is 5.80. The molecular weight excluding hydrogens is 413 g/mol. The van der Waals surface area contributed by atoms with E-state index in [1.165, 1.54) is 10.8 Å². The molecule has 4 aromatic rings. The predicted molar refractivity (Wildman–Crippen MR) is 119 cm³/mol. The van der Waals surface area contributed by atoms with E-state index in [1.807, 2.05) is 42.3 Å². The molecule has 1 N–H and O–H groups in total. The van der Waals surface area contributed by atoms with Crippen molar-refractivity contribution >= 4 is 33.7 Å². The Balaban J connectivity index is 1.77. The largest absolute Gasteiger partial charge is 0.477 e. The SMILES string of the molecule is CN1CCN(c2nc3c(cc2F)c(=O)c(C(=O)O)cn3-c2cnc3ccccc3c2)CC1. The van der Waals surface area contributed by atoms with Crippen LogP contribution < -0.4 is 10.3 Å². The van der Waals surface area contributed by atoms with E-state index in [2.05, 4.69) is 14.9 Å². The number of hydrogen-bond donors (Lipinski definition) is 1. The molecule has 0 spiro atoms. The van der Waals surface area contributed by atoms with Crippen molar-refractivity contribution in [3.05, 3.63) is 70.4 Å². The fourth-order valence-electron chi connectivity index (χ4n) is 3.99. The summed E-state index contributed by atoms with van der Waals surface area (Å²) in [6, 6.07) is 10.4. The first-order valence-corrected chi connectivity index (χ1v) is 10.2. The van der Waals surface area contributed by atoms with Crippen LogP contribution in [0.2, 0.25) is 0 Å². The second-order valence-corrected chi connectivity index (χ2v) is 7.89. The second-order valence-electron chi connectivity index (χ2n) is 7.89. The molecule has 1 aromatic carbocycles. The van der Waals surface area contributed by atoms with Crippen molar-refractivity contribution in [3.63, 3.8) is 0 Å². The summed E-state index contributed by atoms with van der Waals surface area (Å²) in [5.74, 6) is -1.89. The lowest BCUT2D eigenvalue weighted by atomic mass is 10.1. The smallest absolute Gasteiger partial charge is 0.341 e. The predicted octanol–water partition coefficient (Wildman–Crippen LogP) is 2.52. The Morgan fingerprint density at radius 2 is 1.88 bits per heavy atom. The highest BCUT2D eigenvalue weighted by atomic mass is 19.1. The monoisotopic (exact) mass is 433 g/mol. The third-order valence-corrected chi connectivity index (χ3v) is 5.80. The molecule has 0 atom stereocenters. The summed E-state index contributed by atoms with van der Waals surface area (Å²) in [7, 11) is 2.00. The Morgan fingerprint density at radius 3 is 2.62 bits per heavy atom. The fourth-order valence-corrected chi connectivity index (χ4v) is 3.99. The molecule has 0 saturated carbocycles. The minimum absolute atomic E-state index is 0.0894. The Bertz CT molecular complexity index is 1430. The number of hydrogen-bond acceptors (Lipinski definition) is 6. The normalized spacial score (nSPS) is 14.9. The van der Waals surface area contributed by atoms with Gasteiger partial charge < -0.3 is 14.9 Å². The van der Waals surface area contributed by atoms with Crippen LogP contribution >= 0.6 is 0 Å². The van der Waals surface area contributed by atoms with Gasteiger partial charge in [0, 0.05) is 37.8 Å². The van der Waals surface area contributed by atoms with Crippen LogP contribution in [0.4, 0.5) is 10.2 Å². The number of likely N-dealkylation sites (N-methyl/N-ethyl adjacent to an activating group) is 1. The lowest BCUT2D eigenvalue weighted by Crippen LogP contribution is -2.45. The minimum Gasteiger partial charge on any atom is -0.477 e. The molecule has 1 aliphatic rings. The molecule has 0 bridgehead atoms. The number of fused-ring (bicyclic) bond motifs is 2. The first-order valence-electron chi connectivity index (χ1n) is 10.2. The van der Waals surface area contributed by atoms with Crippen molar-refractivity contribution in [2.45, 2.75) is 0 Å². The van der Waals surface area contributed by atoms with Crippen molar-refractivity contribution in [1.82, 2.24) is 19.4 Å². The Labute approximate surface area is 182 Å². The van der Waals surface area contributed by atoms with Crippen LogP contribution in [0.3, 0.4) is 0 Å². The van der Waals surface area contributed by atoms with Gasteiger partial charge in [0.25, 0.3) is 0 Å². The van der Waals surface area contributed by atoms with E-state index in [9.17, 15) is 14.7 Å². The molecule has 0 radical (unpaired) electrons. The average Bonchev–Trinajstić information content (AvgIpc) is 2.79. The molecule has 162 valence electrons. The number of benzene rings is 1. The zero-order valence-corrected chi connectivity index (χ0v) is 17.3. The van der Waals surface area contributed by atoms with Crippen molar-refractivity contribution in [1.29, 1.82) is 0 Å². The molecule has 9 heteroatoms. The van der Waals surface area contributed by atoms with Crippen LogP contribution in [0.15, 0.2) is 53.6 Å². The number of carbonyl (C=O) groups is 1. The van der Waals surface area contributed by atoms with Gasteiger partial charge in [0.2, 0.25) is 5.43 Å². The number of aromatic nitrogens is 3. The number of aromatic carboxylic acids is 1. The second kappa shape index (κ2) is 7.69. The van der Waals surface area contributed by atoms with Crippen LogP contribution in [0.5, 0.6) is 0 Å². The zero-order chi connectivity index (χ0) is 22.4. The highest BCUT2D eigenvalue weighted by Crippen LogP contribution is 2.25. The van der Waals surface area contributed by atoms with Crippen LogP contribution in [0.1, 0.15) is 10.4 Å². The topological polar surface area (TPSA) is 91.6 Å². The summed E-state index contributed by atoms with van der Waals surface area (Å²) >= 11 is 0. The van der Waals surface area contributed by atoms with E-state index in [-0.39, 0.29) is 16.9 Å². The number of pyridine rings is 3. The van der Waals surface area contributed by atoms with Gasteiger partial charge in [0.15, 0.2) is 17.3 Å². The van der Waals surface area contributed by atoms with Crippen molar-refractivity contribution in [2.75, 3.05) is 38.1 Å². The van der Waals surface area contributed by atoms with Gasteiger partial charge in [-0.15, -0.1) is 0 Å². The van der Waals surface area contributed by atoms with Gasteiger partial charge in [-0.3, -0.25) is 14.3 Å². The number of para-hydroxylation sites is 1. The van der Waals surface area contributed by atoms with E-state index in [0.717, 1.165) is 30.1 Å². The van der Waals surface area contributed by atoms with Crippen LogP contribution in [0.25, 0.3) is 27.6 Å². The number of carboxylic acid groups (broad SMARTS) is 1. The number of piperazine rings is 1. The third kappa shape index (κ3) is 3.36. The standard InChI is InChI=1S/C23H20FN5O3/c1-27-6-8-28(9-7-27)22-18(24)11-16-20(30)17(23(31)32)13-29(21(16)26-22)15-10-14-4-2-3-5-19(14)25-12-15/h2-5,10-13H,6-9H2,1H3,(H,31,32). The quantitative estimate of drug-likeness (QED) is 0.531. The van der Waals surface area contributed by atoms with Gasteiger partial charge >= 0.3 is 5.97 Å². The Hall–Kier alpha value is -3.85. The molecular formula is C23H20FN5O3. The van der Waals surface area contributed by atoms with Gasteiger partial charge in [0.05, 0.1) is 22.8 Å². The Kier molecular flexibility index (Phi) is 4.82. The first kappa shape index (κ1) is 20.1. The van der Waals surface area contributed by atoms with Gasteiger partial charge in [-0.1, -0.05) is 18.2 Å². The summed E-state index contributed by atoms with van der Waals surface area (Å²) in [5.41, 5.74) is 0.261. The number of halogens is 1. The molecule has 1 aliphatic heterocycles. The number of nitrogens with zero attached hydrogens (tertiary/aromatic N) is 5. The van der Waals surface area contributed by atoms with E-state index in [1.54, 1.807) is 6.20 Å². The Morgan fingerprint density at radius 1 is 1.12 bits per heavy atom. The highest BCUT2D eigenvalue weighted by molar-refractivity contribution is 5.93. The average molecular weight is 433 g/mol. The lowest BCUT2D eigenvalue weighted by molar-refractivity contribution is 0.0695. The zero-order valence-electron chi connectivity index (χ0n) is 17.3. The minimum atomic E-state index is -1.39. The molecule has 0 unspecified atom stereocenters. The summed E-state index contributed by atoms with van der Waals surface area (Å²) in [4.78, 5) is 37.5. The van der Waals surface area contributed by atoms with E-state index in [4.69, 9.17) is 0 Å². The maximum absolute atomic E-state index is 15.0. The maximum atomic E-state index is 15.0. The first-order chi connectivity index (χ1) is 15.4. The highest BCUT2D eigenvalue weighted by Gasteiger charge is 2.23. The molecule has 32 heavy (non-hydrogen) atoms. The molecule has 0 aliphatic carbocycles. The summed E-state index contributed by atoms with van der Waals surface area (Å²) in [5, 5.41) is 10.3. The molecule has 4 heterocycles. The van der Waals surface area contributed by atoms with Crippen molar-refractivity contribution < 1.29 is 14.3 Å². The molecule has 8 nitrogen and oxygen atoms in total. The molecule has 3 aromatic heterocycles. The molecule has 0 amide bonds. The molecule has 1 fully saturated rings. The number of anilines is 1. The maximum Gasteiger partial charge on any atom is 0.341 e. The van der Waals surface area contributed by atoms with E-state index < -0.39 is 22.8 Å². The van der Waals surface area contributed by atoms with E-state index >= 15 is 4.39 Å². The van der Waals surface area contributed by atoms with Gasteiger partial charge in [-0.2, -0.15) is 0 Å². The van der Waals surface area contributed by atoms with Crippen LogP contribution in [-0.2, 0) is 0 Å². The summed E-state index contributed by atoms with van der Waals surface area (Å²) < 4.78 is 16.5. The lowest BCUT2D eigenvalue weighted by Gasteiger charge is -2.33. The van der Waals surface area contributed by atoms with Crippen molar-refractivity contribution in [2.24, 2.45) is 0 Å². The van der Waals surface area contributed by atoms with Crippen LogP contribution in [-0.4, -0.2) is 63.7 Å². The van der Waals surface area contributed by atoms with Gasteiger partial charge in [-0.05, 0) is 25.2 Å². The summed E-state index contributed by atoms with van der Waals surface area (Å²) in [6.07, 6.45) is 2.82. The van der Waals surface area contributed by atoms with Crippen molar-refractivity contribution in [3.8, 4) is 5.69 Å². The summed E-state index contributed by atoms with van der Waals surface area (Å²) in [6.45, 7) is 2.72. The van der Waals surface area contributed by atoms with Crippen LogP contribution in [0, 0.1) is 5.82 Å². The van der Waals surface area contributed by atoms with Gasteiger partial charge in [0.1, 0.15) is 5.56 Å². The molecule has 5 rings (SSSR count). The van der Waals surface area contributed by atoms with E-state index in [0.29, 0.717) is 18.8 Å². The number of carboxylic acids is 1.